The van der Waals surface area contributed by atoms with Crippen molar-refractivity contribution in [3.8, 4) is 0 Å². The zero-order valence-electron chi connectivity index (χ0n) is 72.8. The lowest BCUT2D eigenvalue weighted by molar-refractivity contribution is -0.384. The number of ketones is 2. The van der Waals surface area contributed by atoms with Crippen LogP contribution in [0, 0.1) is 58.5 Å². The smallest absolute Gasteiger partial charge is 0.338 e. The average molecular weight is 1680 g/mol. The third kappa shape index (κ3) is 27.8. The second-order valence-corrected chi connectivity index (χ2v) is 54.0. The molecular formula is C83H139N9O15S2Si4. The lowest BCUT2D eigenvalue weighted by Crippen LogP contribution is -2.53. The van der Waals surface area contributed by atoms with E-state index in [-0.39, 0.29) is 72.9 Å². The minimum Gasteiger partial charge on any atom is -0.458 e. The molecule has 0 radical (unpaired) electrons. The summed E-state index contributed by atoms with van der Waals surface area (Å²) in [7, 11) is -9.05. The van der Waals surface area contributed by atoms with E-state index < -0.39 is 134 Å². The lowest BCUT2D eigenvalue weighted by Gasteiger charge is -2.44. The molecule has 113 heavy (non-hydrogen) atoms. The highest BCUT2D eigenvalue weighted by Gasteiger charge is 2.51. The number of aromatic nitrogens is 2. The van der Waals surface area contributed by atoms with E-state index in [0.717, 1.165) is 100 Å². The monoisotopic (exact) mass is 1680 g/mol. The Morgan fingerprint density at radius 2 is 0.929 bits per heavy atom. The van der Waals surface area contributed by atoms with Crippen molar-refractivity contribution in [3.63, 3.8) is 0 Å². The maximum atomic E-state index is 15.2. The molecule has 2 fully saturated rings. The Balaban J connectivity index is 0.000000486. The van der Waals surface area contributed by atoms with Gasteiger partial charge in [0.25, 0.3) is 5.69 Å². The van der Waals surface area contributed by atoms with E-state index in [4.69, 9.17) is 31.9 Å². The molecule has 14 atom stereocenters. The van der Waals surface area contributed by atoms with Gasteiger partial charge in [-0.25, -0.2) is 14.8 Å². The van der Waals surface area contributed by atoms with Crippen molar-refractivity contribution in [2.75, 3.05) is 0 Å². The normalized spacial score (nSPS) is 26.2. The molecule has 5 rings (SSSR count). The largest absolute Gasteiger partial charge is 0.458 e. The Labute approximate surface area is 687 Å². The first-order valence-corrected chi connectivity index (χ1v) is 53.8. The molecule has 0 aliphatic carbocycles. The van der Waals surface area contributed by atoms with E-state index >= 15 is 4.79 Å². The van der Waals surface area contributed by atoms with E-state index in [1.165, 1.54) is 46.9 Å². The number of hydrogen-bond acceptors (Lipinski definition) is 21. The first kappa shape index (κ1) is 99.8. The first-order chi connectivity index (χ1) is 53.3. The Morgan fingerprint density at radius 3 is 1.27 bits per heavy atom. The number of nitro groups is 1. The van der Waals surface area contributed by atoms with E-state index in [1.54, 1.807) is 0 Å². The number of nitrogens with zero attached hydrogens (tertiary/aromatic N) is 9. The molecular weight excluding hydrogens is 1540 g/mol. The van der Waals surface area contributed by atoms with Crippen LogP contribution in [0.25, 0.3) is 33.0 Å². The Hall–Kier alpha value is -5.60. The molecule has 4 heterocycles. The molecule has 0 bridgehead atoms. The van der Waals surface area contributed by atoms with Gasteiger partial charge >= 0.3 is 17.9 Å². The number of carbonyl (C=O) groups excluding carboxylic acids is 5. The fourth-order valence-corrected chi connectivity index (χ4v) is 29.5. The number of Topliss-reactive ketones (excluding diaryl/α,β-unsaturated/α-hetero) is 2. The molecule has 30 heteroatoms. The fraction of sp³-hybridized carbons (Fsp3) is 0.747. The summed E-state index contributed by atoms with van der Waals surface area (Å²) < 4.78 is 47.4. The number of cyclic esters (lactones) is 2. The Bertz CT molecular complexity index is 3660. The summed E-state index contributed by atoms with van der Waals surface area (Å²) in [5.41, 5.74) is 20.1. The number of carbonyl (C=O) groups is 5. The summed E-state index contributed by atoms with van der Waals surface area (Å²) in [5.74, 6) is -2.86. The van der Waals surface area contributed by atoms with E-state index in [2.05, 4.69) is 127 Å². The van der Waals surface area contributed by atoms with Crippen LogP contribution in [0.5, 0.6) is 0 Å². The van der Waals surface area contributed by atoms with Crippen molar-refractivity contribution in [3.05, 3.63) is 104 Å². The number of hydrogen-bond donors (Lipinski definition) is 1. The van der Waals surface area contributed by atoms with Gasteiger partial charge in [-0.3, -0.25) is 29.3 Å². The first-order valence-electron chi connectivity index (χ1n) is 41.9. The third-order valence-corrected chi connectivity index (χ3v) is 45.6. The van der Waals surface area contributed by atoms with Crippen molar-refractivity contribution in [1.82, 2.24) is 9.97 Å². The molecule has 2 aliphatic rings. The second kappa shape index (κ2) is 46.5. The van der Waals surface area contributed by atoms with Crippen molar-refractivity contribution in [2.24, 2.45) is 44.7 Å². The van der Waals surface area contributed by atoms with Gasteiger partial charge in [-0.15, -0.1) is 22.7 Å². The molecule has 0 spiro atoms. The highest BCUT2D eigenvalue weighted by molar-refractivity contribution is 7.10. The summed E-state index contributed by atoms with van der Waals surface area (Å²) in [6, 6.07) is 14.0. The summed E-state index contributed by atoms with van der Waals surface area (Å²) in [6.07, 6.45) is 0.802. The predicted octanol–water partition coefficient (Wildman–Crippen LogP) is 22.6. The summed E-state index contributed by atoms with van der Waals surface area (Å²) in [4.78, 5) is 98.6. The molecule has 3 aromatic rings. The number of rotatable bonds is 29. The van der Waals surface area contributed by atoms with E-state index in [0.29, 0.717) is 37.0 Å². The van der Waals surface area contributed by atoms with Crippen LogP contribution in [0.1, 0.15) is 248 Å². The number of ether oxygens (including phenoxy) is 3. The zero-order valence-corrected chi connectivity index (χ0v) is 78.4. The number of nitro benzene ring substituents is 1. The highest BCUT2D eigenvalue weighted by Crippen LogP contribution is 2.44. The van der Waals surface area contributed by atoms with Gasteiger partial charge in [0.2, 0.25) is 0 Å². The van der Waals surface area contributed by atoms with Gasteiger partial charge in [0.05, 0.1) is 87.3 Å². The van der Waals surface area contributed by atoms with Crippen LogP contribution in [-0.4, -0.2) is 144 Å². The van der Waals surface area contributed by atoms with Gasteiger partial charge in [0, 0.05) is 61.8 Å². The second-order valence-electron chi connectivity index (χ2n) is 33.0. The van der Waals surface area contributed by atoms with Crippen LogP contribution in [0.3, 0.4) is 0 Å². The number of aliphatic hydroxyl groups excluding tert-OH is 1. The summed E-state index contributed by atoms with van der Waals surface area (Å²) in [6.45, 7) is 49.2. The van der Waals surface area contributed by atoms with Gasteiger partial charge in [-0.05, 0) is 197 Å². The average Bonchev–Trinajstić information content (AvgIpc) is 1.74. The van der Waals surface area contributed by atoms with Gasteiger partial charge in [0.15, 0.2) is 33.3 Å². The van der Waals surface area contributed by atoms with Crippen LogP contribution < -0.4 is 0 Å². The molecule has 2 aromatic heterocycles. The number of thiazole rings is 2. The Morgan fingerprint density at radius 1 is 0.584 bits per heavy atom. The van der Waals surface area contributed by atoms with Gasteiger partial charge in [-0.1, -0.05) is 155 Å². The van der Waals surface area contributed by atoms with Gasteiger partial charge in [-0.2, -0.15) is 0 Å². The molecule has 1 N–H and O–H groups in total. The molecule has 4 unspecified atom stereocenters. The van der Waals surface area contributed by atoms with Crippen LogP contribution in [0.2, 0.25) is 72.5 Å². The minimum atomic E-state index is -2.39. The zero-order chi connectivity index (χ0) is 85.0. The molecule has 0 amide bonds. The number of aliphatic hydroxyl groups is 1. The summed E-state index contributed by atoms with van der Waals surface area (Å²) in [5, 5.41) is 36.5. The van der Waals surface area contributed by atoms with E-state index in [9.17, 15) is 45.5 Å². The maximum absolute atomic E-state index is 15.2. The van der Waals surface area contributed by atoms with Crippen LogP contribution in [0.4, 0.5) is 5.69 Å². The SMILES string of the molecule is CC[Si](CC)(CC)O[C@H]1CC(=O)OC(/C(C)=C/c2csc(C)n2)C[C@H](N=[N+]=[N-])[C@@H](OC(=O)c2ccc([N+](=O)[O-])cc2)CCCC(C)[C@H](O[Si](CC)(CC)CC)[C@@H](C)C(=O)C1(C)C.CC[Si](CC)(CC)O[C@H]1CC(=O)OC(/C(C)=C/c2csc(C)n2)C[C@H](N=[N+]=[N-])[C@H](O)CCCC(C)[C@H](O[Si](CC)(CC)CC)[C@@H](C)C(=O)C1(C)C. The summed E-state index contributed by atoms with van der Waals surface area (Å²) >= 11 is 3.01. The van der Waals surface area contributed by atoms with Crippen molar-refractivity contribution >= 4 is 103 Å². The number of benzene rings is 1. The molecule has 634 valence electrons. The molecule has 2 saturated heterocycles. The van der Waals surface area contributed by atoms with Crippen molar-refractivity contribution in [2.45, 2.75) is 364 Å². The Kier molecular flexibility index (Phi) is 41.1. The quantitative estimate of drug-likeness (QED) is 0.00986. The predicted molar refractivity (Wildman–Crippen MR) is 464 cm³/mol. The molecule has 0 saturated carbocycles. The fourth-order valence-electron chi connectivity index (χ4n) is 16.4. The third-order valence-electron chi connectivity index (χ3n) is 25.5. The van der Waals surface area contributed by atoms with Crippen LogP contribution in [0.15, 0.2) is 56.4 Å². The highest BCUT2D eigenvalue weighted by atomic mass is 32.1. The molecule has 24 nitrogen and oxygen atoms in total. The number of esters is 3. The van der Waals surface area contributed by atoms with Crippen LogP contribution in [-0.2, 0) is 51.1 Å². The van der Waals surface area contributed by atoms with E-state index in [1.807, 2.05) is 92.1 Å². The van der Waals surface area contributed by atoms with Crippen molar-refractivity contribution in [1.29, 1.82) is 0 Å². The number of non-ortho nitro benzene ring substituents is 1. The topological polar surface area (TPSA) is 337 Å². The number of aryl methyl sites for hydroxylation is 2. The molecule has 1 aromatic carbocycles. The minimum absolute atomic E-state index is 0.0264. The maximum Gasteiger partial charge on any atom is 0.338 e. The number of azide groups is 2. The van der Waals surface area contributed by atoms with Crippen molar-refractivity contribution < 1.29 is 65.9 Å². The van der Waals surface area contributed by atoms with Gasteiger partial charge < -0.3 is 37.0 Å². The van der Waals surface area contributed by atoms with Crippen LogP contribution >= 0.6 is 22.7 Å². The van der Waals surface area contributed by atoms with Gasteiger partial charge in [0.1, 0.15) is 29.9 Å². The molecule has 2 aliphatic heterocycles. The lowest BCUT2D eigenvalue weighted by atomic mass is 9.73. The standard InChI is InChI=1S/C45H71N5O9SSi2.C38H68N4O6SSi2/c1-13-61(14-2,15-3)58-40-28-41(51)56-39(31(8)26-35-29-60-33(10)47-35)27-37(48-49-46)38(57-44(53)34-22-24-36(25-23-34)50(54)55)21-19-20-30(7)42(32(9)43(52)45(40,11)12)59-62(16-4,17-5)18-6;1-13-50(14-2,15-3)47-34-24-35(44)46-33(27(8)22-30-25-49-29(10)40-30)23-31(41-42-39)32(43)21-19-20-26(7)36(28(9)37(45)38(34,11)12)48-51(16-4,17-5)18-6/h22-26,29-30,32,37-40,42H,13-21,27-28H2,1-12H3;22,25-26,28,31-34,36,43H,13-21,23-24H2,1-12H3/b31-26+;27-22+/t30?,32-,37+,38+,39?,40+,42+;26?,28-,31+,32-,33?,34+,36+/m11/s1.